The predicted octanol–water partition coefficient (Wildman–Crippen LogP) is 3.97. The van der Waals surface area contributed by atoms with Gasteiger partial charge < -0.3 is 14.2 Å². The number of methoxy groups -OCH3 is 3. The molecular formula is C17H15ClN2O4S. The van der Waals surface area contributed by atoms with Gasteiger partial charge in [0.1, 0.15) is 0 Å². The summed E-state index contributed by atoms with van der Waals surface area (Å²) in [7, 11) is 4.51. The molecule has 3 rings (SSSR count). The average molecular weight is 379 g/mol. The smallest absolute Gasteiger partial charge is 0.203 e. The summed E-state index contributed by atoms with van der Waals surface area (Å²) in [6.45, 7) is 0. The number of imidazole rings is 1. The number of hydrogen-bond acceptors (Lipinski definition) is 6. The third kappa shape index (κ3) is 3.20. The number of nitrogens with zero attached hydrogens (tertiary/aromatic N) is 2. The number of carbonyl (C=O) groups excluding carboxylic acids is 1. The molecule has 0 bridgehead atoms. The first-order valence-electron chi connectivity index (χ1n) is 7.22. The molecule has 0 aliphatic heterocycles. The minimum Gasteiger partial charge on any atom is -0.493 e. The van der Waals surface area contributed by atoms with Crippen LogP contribution in [0.2, 0.25) is 5.15 Å². The first-order valence-corrected chi connectivity index (χ1v) is 8.48. The van der Waals surface area contributed by atoms with Crippen LogP contribution in [0, 0.1) is 0 Å². The van der Waals surface area contributed by atoms with Crippen molar-refractivity contribution in [3.05, 3.63) is 46.2 Å². The molecule has 0 atom stereocenters. The molecule has 0 aliphatic rings. The molecule has 0 saturated carbocycles. The summed E-state index contributed by atoms with van der Waals surface area (Å²) in [5, 5.41) is 2.25. The van der Waals surface area contributed by atoms with Crippen molar-refractivity contribution in [3.8, 4) is 17.2 Å². The fourth-order valence-electron chi connectivity index (χ4n) is 2.40. The van der Waals surface area contributed by atoms with Gasteiger partial charge >= 0.3 is 0 Å². The van der Waals surface area contributed by atoms with Crippen molar-refractivity contribution < 1.29 is 19.0 Å². The van der Waals surface area contributed by atoms with Crippen LogP contribution in [0.1, 0.15) is 16.1 Å². The van der Waals surface area contributed by atoms with Gasteiger partial charge in [0, 0.05) is 17.1 Å². The first-order chi connectivity index (χ1) is 12.1. The summed E-state index contributed by atoms with van der Waals surface area (Å²) >= 11 is 7.60. The molecule has 0 spiro atoms. The maximum Gasteiger partial charge on any atom is 0.203 e. The number of ether oxygens (including phenoxy) is 3. The normalized spacial score (nSPS) is 11.2. The van der Waals surface area contributed by atoms with Crippen molar-refractivity contribution in [3.63, 3.8) is 0 Å². The Morgan fingerprint density at radius 3 is 2.48 bits per heavy atom. The zero-order valence-electron chi connectivity index (χ0n) is 13.8. The Morgan fingerprint density at radius 1 is 1.20 bits per heavy atom. The number of hydrogen-bond donors (Lipinski definition) is 0. The number of ketones is 1. The molecule has 2 aromatic heterocycles. The van der Waals surface area contributed by atoms with Crippen molar-refractivity contribution in [2.45, 2.75) is 0 Å². The van der Waals surface area contributed by atoms with Gasteiger partial charge in [-0.3, -0.25) is 9.20 Å². The summed E-state index contributed by atoms with van der Waals surface area (Å²) in [4.78, 5) is 17.6. The lowest BCUT2D eigenvalue weighted by Crippen LogP contribution is -2.00. The molecule has 0 N–H and O–H groups in total. The molecule has 8 heteroatoms. The maximum absolute atomic E-state index is 12.6. The minimum atomic E-state index is -0.222. The van der Waals surface area contributed by atoms with E-state index in [0.29, 0.717) is 33.7 Å². The van der Waals surface area contributed by atoms with E-state index in [1.165, 1.54) is 38.7 Å². The lowest BCUT2D eigenvalue weighted by atomic mass is 10.1. The number of aromatic nitrogens is 2. The van der Waals surface area contributed by atoms with E-state index in [1.807, 2.05) is 16.0 Å². The number of carbonyl (C=O) groups is 1. The molecule has 130 valence electrons. The van der Waals surface area contributed by atoms with Gasteiger partial charge in [-0.1, -0.05) is 11.6 Å². The molecule has 25 heavy (non-hydrogen) atoms. The van der Waals surface area contributed by atoms with Gasteiger partial charge in [-0.15, -0.1) is 11.3 Å². The lowest BCUT2D eigenvalue weighted by Gasteiger charge is -2.13. The third-order valence-corrected chi connectivity index (χ3v) is 4.63. The van der Waals surface area contributed by atoms with Crippen LogP contribution in [0.15, 0.2) is 29.8 Å². The number of fused-ring (bicyclic) bond motifs is 1. The molecule has 0 unspecified atom stereocenters. The Balaban J connectivity index is 1.95. The van der Waals surface area contributed by atoms with Crippen LogP contribution < -0.4 is 14.2 Å². The van der Waals surface area contributed by atoms with Gasteiger partial charge in [0.15, 0.2) is 27.4 Å². The van der Waals surface area contributed by atoms with Crippen LogP contribution in [-0.4, -0.2) is 36.5 Å². The quantitative estimate of drug-likeness (QED) is 0.479. The molecule has 1 aromatic carbocycles. The van der Waals surface area contributed by atoms with Gasteiger partial charge in [-0.25, -0.2) is 4.98 Å². The third-order valence-electron chi connectivity index (χ3n) is 3.60. The summed E-state index contributed by atoms with van der Waals surface area (Å²) in [5.74, 6) is 1.05. The van der Waals surface area contributed by atoms with Crippen LogP contribution in [0.3, 0.4) is 0 Å². The van der Waals surface area contributed by atoms with E-state index in [1.54, 1.807) is 18.2 Å². The van der Waals surface area contributed by atoms with Gasteiger partial charge in [0.05, 0.1) is 27.0 Å². The van der Waals surface area contributed by atoms with E-state index in [0.717, 1.165) is 4.96 Å². The Hall–Kier alpha value is -2.51. The summed E-state index contributed by atoms with van der Waals surface area (Å²) in [6.07, 6.45) is 4.93. The second-order valence-electron chi connectivity index (χ2n) is 4.96. The monoisotopic (exact) mass is 378 g/mol. The van der Waals surface area contributed by atoms with E-state index in [2.05, 4.69) is 4.98 Å². The molecule has 0 aliphatic carbocycles. The molecule has 6 nitrogen and oxygen atoms in total. The van der Waals surface area contributed by atoms with E-state index in [9.17, 15) is 4.79 Å². The molecule has 3 aromatic rings. The number of thiazole rings is 1. The average Bonchev–Trinajstić information content (AvgIpc) is 3.18. The molecule has 0 amide bonds. The second-order valence-corrected chi connectivity index (χ2v) is 6.19. The van der Waals surface area contributed by atoms with Gasteiger partial charge in [0.25, 0.3) is 0 Å². The highest BCUT2D eigenvalue weighted by Crippen LogP contribution is 2.38. The topological polar surface area (TPSA) is 62.1 Å². The zero-order chi connectivity index (χ0) is 18.0. The van der Waals surface area contributed by atoms with Crippen molar-refractivity contribution >= 4 is 39.8 Å². The van der Waals surface area contributed by atoms with Gasteiger partial charge in [0.2, 0.25) is 5.75 Å². The van der Waals surface area contributed by atoms with Crippen LogP contribution in [0.5, 0.6) is 17.2 Å². The SMILES string of the molecule is COc1cc(C(=O)/C=C/c2c(Cl)nc3sccn23)cc(OC)c1OC. The van der Waals surface area contributed by atoms with E-state index < -0.39 is 0 Å². The Labute approximate surface area is 153 Å². The van der Waals surface area contributed by atoms with Crippen molar-refractivity contribution in [1.29, 1.82) is 0 Å². The number of halogens is 1. The highest BCUT2D eigenvalue weighted by molar-refractivity contribution is 7.15. The molecule has 2 heterocycles. The summed E-state index contributed by atoms with van der Waals surface area (Å²) in [6, 6.07) is 3.21. The van der Waals surface area contributed by atoms with Crippen molar-refractivity contribution in [2.24, 2.45) is 0 Å². The van der Waals surface area contributed by atoms with Gasteiger partial charge in [-0.05, 0) is 24.3 Å². The van der Waals surface area contributed by atoms with E-state index in [-0.39, 0.29) is 5.78 Å². The highest BCUT2D eigenvalue weighted by Gasteiger charge is 2.16. The summed E-state index contributed by atoms with van der Waals surface area (Å²) in [5.41, 5.74) is 1.06. The standard InChI is InChI=1S/C17H15ClN2O4S/c1-22-13-8-10(9-14(23-2)15(13)24-3)12(21)5-4-11-16(18)19-17-20(11)6-7-25-17/h4-9H,1-3H3/b5-4+. The van der Waals surface area contributed by atoms with Crippen LogP contribution in [-0.2, 0) is 0 Å². The Bertz CT molecular complexity index is 936. The number of rotatable bonds is 6. The second kappa shape index (κ2) is 7.16. The molecule has 0 saturated heterocycles. The molecule has 0 fully saturated rings. The minimum absolute atomic E-state index is 0.222. The lowest BCUT2D eigenvalue weighted by molar-refractivity contribution is 0.104. The van der Waals surface area contributed by atoms with E-state index >= 15 is 0 Å². The largest absolute Gasteiger partial charge is 0.493 e. The zero-order valence-corrected chi connectivity index (χ0v) is 15.4. The number of benzene rings is 1. The van der Waals surface area contributed by atoms with Crippen molar-refractivity contribution in [1.82, 2.24) is 9.38 Å². The summed E-state index contributed by atoms with van der Waals surface area (Å²) < 4.78 is 17.6. The van der Waals surface area contributed by atoms with E-state index in [4.69, 9.17) is 25.8 Å². The number of allylic oxidation sites excluding steroid dienone is 1. The predicted molar refractivity (Wildman–Crippen MR) is 97.5 cm³/mol. The highest BCUT2D eigenvalue weighted by atomic mass is 35.5. The fourth-order valence-corrected chi connectivity index (χ4v) is 3.41. The Kier molecular flexibility index (Phi) is 4.96. The van der Waals surface area contributed by atoms with Crippen LogP contribution in [0.25, 0.3) is 11.0 Å². The van der Waals surface area contributed by atoms with Crippen LogP contribution in [0.4, 0.5) is 0 Å². The first kappa shape index (κ1) is 17.3. The Morgan fingerprint density at radius 2 is 1.88 bits per heavy atom. The fraction of sp³-hybridized carbons (Fsp3) is 0.176. The molecule has 0 radical (unpaired) electrons. The van der Waals surface area contributed by atoms with Crippen LogP contribution >= 0.6 is 22.9 Å². The molecular weight excluding hydrogens is 364 g/mol. The maximum atomic E-state index is 12.6. The van der Waals surface area contributed by atoms with Gasteiger partial charge in [-0.2, -0.15) is 0 Å². The van der Waals surface area contributed by atoms with Crippen molar-refractivity contribution in [2.75, 3.05) is 21.3 Å².